The molecule has 0 radical (unpaired) electrons. The molecule has 1 aliphatic heterocycles. The predicted octanol–water partition coefficient (Wildman–Crippen LogP) is 4.94. The second-order valence-corrected chi connectivity index (χ2v) is 9.68. The molecule has 6 heteroatoms. The van der Waals surface area contributed by atoms with E-state index in [1.54, 1.807) is 7.11 Å². The molecule has 0 saturated carbocycles. The Kier molecular flexibility index (Phi) is 7.61. The molecule has 1 N–H and O–H groups in total. The molecular weight excluding hydrogens is 424 g/mol. The molecule has 0 spiro atoms. The molecule has 32 heavy (non-hydrogen) atoms. The van der Waals surface area contributed by atoms with Crippen molar-refractivity contribution in [3.05, 3.63) is 52.3 Å². The number of carbonyl (C=O) groups excluding carboxylic acids is 1. The van der Waals surface area contributed by atoms with Gasteiger partial charge in [-0.25, -0.2) is 4.79 Å². The average Bonchev–Trinajstić information content (AvgIpc) is 3.10. The first-order chi connectivity index (χ1) is 14.9. The van der Waals surface area contributed by atoms with Gasteiger partial charge in [0.15, 0.2) is 0 Å². The first-order valence-electron chi connectivity index (χ1n) is 11.6. The van der Waals surface area contributed by atoms with Crippen molar-refractivity contribution < 1.29 is 14.3 Å². The maximum Gasteiger partial charge on any atom is 0.355 e. The SMILES string of the molecule is CCN1CCC2(c3cccc(OC)c3)Cc3[nH]c(C(=O)OCC(C)C)c(C)c3CC2C1.Cl. The normalized spacial score (nSPS) is 22.6. The predicted molar refractivity (Wildman–Crippen MR) is 130 cm³/mol. The second kappa shape index (κ2) is 9.88. The van der Waals surface area contributed by atoms with Crippen molar-refractivity contribution in [1.29, 1.82) is 0 Å². The van der Waals surface area contributed by atoms with E-state index in [1.807, 2.05) is 6.07 Å². The molecule has 1 aromatic heterocycles. The summed E-state index contributed by atoms with van der Waals surface area (Å²) in [6, 6.07) is 8.60. The standard InChI is InChI=1S/C26H36N2O3.ClH/c1-6-28-11-10-26(19-8-7-9-21(12-19)30-5)14-23-22(13-20(26)15-28)18(4)24(27-23)25(29)31-16-17(2)3;/h7-9,12,17,20,27H,6,10-11,13-16H2,1-5H3;1H. The van der Waals surface area contributed by atoms with Gasteiger partial charge in [0.2, 0.25) is 0 Å². The van der Waals surface area contributed by atoms with E-state index in [2.05, 4.69) is 55.8 Å². The van der Waals surface area contributed by atoms with Crippen LogP contribution >= 0.6 is 12.4 Å². The maximum absolute atomic E-state index is 12.8. The van der Waals surface area contributed by atoms with Gasteiger partial charge in [0.05, 0.1) is 13.7 Å². The number of carbonyl (C=O) groups is 1. The molecular formula is C26H37ClN2O3. The lowest BCUT2D eigenvalue weighted by atomic mass is 9.58. The number of likely N-dealkylation sites (tertiary alicyclic amines) is 1. The van der Waals surface area contributed by atoms with Crippen LogP contribution in [-0.2, 0) is 23.0 Å². The first-order valence-corrected chi connectivity index (χ1v) is 11.6. The number of aromatic amines is 1. The molecule has 1 aromatic carbocycles. The van der Waals surface area contributed by atoms with Crippen LogP contribution in [0.2, 0.25) is 0 Å². The number of hydrogen-bond donors (Lipinski definition) is 1. The summed E-state index contributed by atoms with van der Waals surface area (Å²) in [7, 11) is 1.73. The average molecular weight is 461 g/mol. The van der Waals surface area contributed by atoms with Crippen LogP contribution in [0.4, 0.5) is 0 Å². The Balaban J connectivity index is 0.00000289. The fourth-order valence-corrected chi connectivity index (χ4v) is 5.54. The largest absolute Gasteiger partial charge is 0.497 e. The highest BCUT2D eigenvalue weighted by atomic mass is 35.5. The van der Waals surface area contributed by atoms with Gasteiger partial charge in [0.1, 0.15) is 11.4 Å². The van der Waals surface area contributed by atoms with Crippen molar-refractivity contribution in [3.8, 4) is 5.75 Å². The summed E-state index contributed by atoms with van der Waals surface area (Å²) >= 11 is 0. The maximum atomic E-state index is 12.8. The van der Waals surface area contributed by atoms with E-state index in [1.165, 1.54) is 16.8 Å². The molecule has 2 unspecified atom stereocenters. The summed E-state index contributed by atoms with van der Waals surface area (Å²) in [5.74, 6) is 1.52. The van der Waals surface area contributed by atoms with Crippen LogP contribution in [0.5, 0.6) is 5.75 Å². The lowest BCUT2D eigenvalue weighted by molar-refractivity contribution is 0.0451. The third kappa shape index (κ3) is 4.42. The van der Waals surface area contributed by atoms with Crippen molar-refractivity contribution in [2.24, 2.45) is 11.8 Å². The van der Waals surface area contributed by atoms with Gasteiger partial charge in [-0.1, -0.05) is 32.9 Å². The summed E-state index contributed by atoms with van der Waals surface area (Å²) < 4.78 is 11.1. The van der Waals surface area contributed by atoms with E-state index in [4.69, 9.17) is 9.47 Å². The Hall–Kier alpha value is -1.98. The van der Waals surface area contributed by atoms with E-state index >= 15 is 0 Å². The number of nitrogens with zero attached hydrogens (tertiary/aromatic N) is 1. The minimum absolute atomic E-state index is 0. The zero-order valence-corrected chi connectivity index (χ0v) is 20.8. The van der Waals surface area contributed by atoms with Gasteiger partial charge in [0, 0.05) is 17.7 Å². The zero-order chi connectivity index (χ0) is 22.2. The third-order valence-corrected chi connectivity index (χ3v) is 7.39. The van der Waals surface area contributed by atoms with Crippen molar-refractivity contribution >= 4 is 18.4 Å². The van der Waals surface area contributed by atoms with Crippen molar-refractivity contribution in [1.82, 2.24) is 9.88 Å². The number of piperidine rings is 1. The van der Waals surface area contributed by atoms with Crippen LogP contribution in [0, 0.1) is 18.8 Å². The van der Waals surface area contributed by atoms with Crippen molar-refractivity contribution in [2.75, 3.05) is 33.4 Å². The minimum Gasteiger partial charge on any atom is -0.497 e. The van der Waals surface area contributed by atoms with Gasteiger partial charge in [-0.15, -0.1) is 12.4 Å². The quantitative estimate of drug-likeness (QED) is 0.620. The summed E-state index contributed by atoms with van der Waals surface area (Å²) in [5.41, 5.74) is 5.64. The summed E-state index contributed by atoms with van der Waals surface area (Å²) in [4.78, 5) is 18.8. The van der Waals surface area contributed by atoms with Crippen LogP contribution < -0.4 is 4.74 Å². The molecule has 0 amide bonds. The number of hydrogen-bond acceptors (Lipinski definition) is 4. The number of methoxy groups -OCH3 is 1. The summed E-state index contributed by atoms with van der Waals surface area (Å²) in [6.45, 7) is 12.1. The minimum atomic E-state index is -0.228. The number of aromatic nitrogens is 1. The topological polar surface area (TPSA) is 54.6 Å². The van der Waals surface area contributed by atoms with E-state index < -0.39 is 0 Å². The molecule has 2 aromatic rings. The molecule has 1 aliphatic carbocycles. The number of nitrogens with one attached hydrogen (secondary N) is 1. The highest BCUT2D eigenvalue weighted by Crippen LogP contribution is 2.49. The second-order valence-electron chi connectivity index (χ2n) is 9.68. The highest BCUT2D eigenvalue weighted by Gasteiger charge is 2.48. The van der Waals surface area contributed by atoms with Gasteiger partial charge in [0.25, 0.3) is 0 Å². The fourth-order valence-electron chi connectivity index (χ4n) is 5.54. The number of fused-ring (bicyclic) bond motifs is 2. The van der Waals surface area contributed by atoms with Gasteiger partial charge in [-0.3, -0.25) is 0 Å². The van der Waals surface area contributed by atoms with Crippen LogP contribution in [0.25, 0.3) is 0 Å². The molecule has 1 fully saturated rings. The van der Waals surface area contributed by atoms with E-state index in [0.29, 0.717) is 24.1 Å². The molecule has 0 bridgehead atoms. The molecule has 176 valence electrons. The van der Waals surface area contributed by atoms with E-state index in [-0.39, 0.29) is 23.8 Å². The molecule has 2 aliphatic rings. The molecule has 5 nitrogen and oxygen atoms in total. The smallest absolute Gasteiger partial charge is 0.355 e. The number of halogens is 1. The van der Waals surface area contributed by atoms with Crippen molar-refractivity contribution in [2.45, 2.75) is 52.4 Å². The molecule has 2 atom stereocenters. The lowest BCUT2D eigenvalue weighted by Crippen LogP contribution is -2.53. The highest BCUT2D eigenvalue weighted by molar-refractivity contribution is 5.90. The number of rotatable bonds is 6. The Bertz CT molecular complexity index is 955. The fraction of sp³-hybridized carbons (Fsp3) is 0.577. The van der Waals surface area contributed by atoms with Gasteiger partial charge < -0.3 is 19.4 Å². The number of ether oxygens (including phenoxy) is 2. The zero-order valence-electron chi connectivity index (χ0n) is 20.0. The van der Waals surface area contributed by atoms with Crippen LogP contribution in [-0.4, -0.2) is 49.2 Å². The molecule has 1 saturated heterocycles. The number of H-pyrrole nitrogens is 1. The van der Waals surface area contributed by atoms with Crippen LogP contribution in [0.3, 0.4) is 0 Å². The first kappa shape index (κ1) is 24.7. The van der Waals surface area contributed by atoms with Crippen LogP contribution in [0.15, 0.2) is 24.3 Å². The Morgan fingerprint density at radius 1 is 1.34 bits per heavy atom. The van der Waals surface area contributed by atoms with Gasteiger partial charge in [-0.2, -0.15) is 0 Å². The van der Waals surface area contributed by atoms with E-state index in [0.717, 1.165) is 50.2 Å². The number of esters is 1. The summed E-state index contributed by atoms with van der Waals surface area (Å²) in [5, 5.41) is 0. The van der Waals surface area contributed by atoms with Gasteiger partial charge in [-0.05, 0) is 79.9 Å². The van der Waals surface area contributed by atoms with Gasteiger partial charge >= 0.3 is 5.97 Å². The van der Waals surface area contributed by atoms with Crippen LogP contribution in [0.1, 0.15) is 60.1 Å². The molecule has 2 heterocycles. The van der Waals surface area contributed by atoms with Crippen molar-refractivity contribution in [3.63, 3.8) is 0 Å². The Morgan fingerprint density at radius 2 is 2.12 bits per heavy atom. The third-order valence-electron chi connectivity index (χ3n) is 7.39. The monoisotopic (exact) mass is 460 g/mol. The number of benzene rings is 1. The lowest BCUT2D eigenvalue weighted by Gasteiger charge is -2.51. The Labute approximate surface area is 198 Å². The summed E-state index contributed by atoms with van der Waals surface area (Å²) in [6.07, 6.45) is 3.03. The van der Waals surface area contributed by atoms with E-state index in [9.17, 15) is 4.79 Å². The molecule has 4 rings (SSSR count). The Morgan fingerprint density at radius 3 is 2.81 bits per heavy atom.